The van der Waals surface area contributed by atoms with E-state index in [0.29, 0.717) is 22.7 Å². The van der Waals surface area contributed by atoms with E-state index in [-0.39, 0.29) is 12.5 Å². The highest BCUT2D eigenvalue weighted by molar-refractivity contribution is 7.92. The lowest BCUT2D eigenvalue weighted by Gasteiger charge is -2.25. The van der Waals surface area contributed by atoms with Crippen molar-refractivity contribution in [3.63, 3.8) is 0 Å². The van der Waals surface area contributed by atoms with Crippen LogP contribution in [0.1, 0.15) is 16.7 Å². The SMILES string of the molecule is Cc1cccc(C)c1N(CC(=O)N/N=C\c1ccc(OCC(=O)Nc2ccccc2)cc1)S(C)(=O)=O. The number of sulfonamides is 1. The number of carbonyl (C=O) groups is 2. The number of ether oxygens (including phenoxy) is 1. The minimum atomic E-state index is -3.69. The molecule has 0 atom stereocenters. The summed E-state index contributed by atoms with van der Waals surface area (Å²) in [5.41, 5.74) is 5.69. The number of hydrogen-bond acceptors (Lipinski definition) is 6. The standard InChI is InChI=1S/C26H28N4O5S/c1-19-8-7-9-20(2)26(19)30(36(3,33)34)17-24(31)29-27-16-21-12-14-23(15-13-21)35-18-25(32)28-22-10-5-4-6-11-22/h4-16H,17-18H2,1-3H3,(H,28,32)(H,29,31)/b27-16-. The van der Waals surface area contributed by atoms with Gasteiger partial charge in [0.25, 0.3) is 11.8 Å². The van der Waals surface area contributed by atoms with Crippen LogP contribution in [-0.4, -0.2) is 45.9 Å². The topological polar surface area (TPSA) is 117 Å². The first-order valence-electron chi connectivity index (χ1n) is 11.1. The van der Waals surface area contributed by atoms with Gasteiger partial charge in [-0.15, -0.1) is 0 Å². The van der Waals surface area contributed by atoms with Gasteiger partial charge in [-0.1, -0.05) is 36.4 Å². The second kappa shape index (κ2) is 12.0. The highest BCUT2D eigenvalue weighted by atomic mass is 32.2. The molecular weight excluding hydrogens is 480 g/mol. The second-order valence-corrected chi connectivity index (χ2v) is 9.98. The molecule has 2 N–H and O–H groups in total. The van der Waals surface area contributed by atoms with E-state index in [1.165, 1.54) is 6.21 Å². The normalized spacial score (nSPS) is 11.2. The zero-order chi connectivity index (χ0) is 26.1. The van der Waals surface area contributed by atoms with E-state index in [9.17, 15) is 18.0 Å². The summed E-state index contributed by atoms with van der Waals surface area (Å²) in [6.07, 6.45) is 2.48. The molecule has 0 heterocycles. The van der Waals surface area contributed by atoms with Crippen molar-refractivity contribution < 1.29 is 22.7 Å². The molecule has 0 unspecified atom stereocenters. The number of hydrogen-bond donors (Lipinski definition) is 2. The molecule has 3 aromatic carbocycles. The van der Waals surface area contributed by atoms with E-state index < -0.39 is 22.5 Å². The molecule has 188 valence electrons. The molecule has 0 radical (unpaired) electrons. The summed E-state index contributed by atoms with van der Waals surface area (Å²) < 4.78 is 31.3. The molecule has 36 heavy (non-hydrogen) atoms. The Balaban J connectivity index is 1.53. The molecule has 10 heteroatoms. The maximum atomic E-state index is 12.4. The van der Waals surface area contributed by atoms with E-state index in [1.54, 1.807) is 62.4 Å². The summed E-state index contributed by atoms with van der Waals surface area (Å²) in [5.74, 6) is -0.362. The third-order valence-electron chi connectivity index (χ3n) is 5.09. The maximum Gasteiger partial charge on any atom is 0.262 e. The molecule has 0 spiro atoms. The molecule has 0 aliphatic carbocycles. The summed E-state index contributed by atoms with van der Waals surface area (Å²) in [7, 11) is -3.69. The van der Waals surface area contributed by atoms with Gasteiger partial charge in [-0.05, 0) is 66.9 Å². The van der Waals surface area contributed by atoms with Gasteiger partial charge in [-0.3, -0.25) is 13.9 Å². The van der Waals surface area contributed by atoms with Crippen molar-refractivity contribution in [2.45, 2.75) is 13.8 Å². The predicted octanol–water partition coefficient (Wildman–Crippen LogP) is 3.24. The molecule has 0 aliphatic rings. The second-order valence-electron chi connectivity index (χ2n) is 8.08. The lowest BCUT2D eigenvalue weighted by Crippen LogP contribution is -2.39. The third-order valence-corrected chi connectivity index (χ3v) is 6.20. The first-order valence-corrected chi connectivity index (χ1v) is 12.9. The van der Waals surface area contributed by atoms with Crippen LogP contribution < -0.4 is 19.8 Å². The quantitative estimate of drug-likeness (QED) is 0.322. The van der Waals surface area contributed by atoms with Crippen LogP contribution in [0.2, 0.25) is 0 Å². The highest BCUT2D eigenvalue weighted by Gasteiger charge is 2.23. The van der Waals surface area contributed by atoms with Gasteiger partial charge < -0.3 is 10.1 Å². The Morgan fingerprint density at radius 1 is 0.917 bits per heavy atom. The summed E-state index contributed by atoms with van der Waals surface area (Å²) in [6, 6.07) is 21.3. The number of rotatable bonds is 10. The number of amides is 2. The number of para-hydroxylation sites is 2. The Bertz CT molecular complexity index is 1320. The number of hydrazone groups is 1. The largest absolute Gasteiger partial charge is 0.484 e. The Labute approximate surface area is 210 Å². The summed E-state index contributed by atoms with van der Waals surface area (Å²) in [4.78, 5) is 24.4. The average molecular weight is 509 g/mol. The molecule has 3 aromatic rings. The zero-order valence-corrected chi connectivity index (χ0v) is 21.1. The van der Waals surface area contributed by atoms with E-state index in [0.717, 1.165) is 21.7 Å². The van der Waals surface area contributed by atoms with Crippen LogP contribution in [0, 0.1) is 13.8 Å². The fraction of sp³-hybridized carbons (Fsp3) is 0.192. The van der Waals surface area contributed by atoms with Crippen LogP contribution in [0.3, 0.4) is 0 Å². The fourth-order valence-electron chi connectivity index (χ4n) is 3.42. The minimum Gasteiger partial charge on any atom is -0.484 e. The monoisotopic (exact) mass is 508 g/mol. The van der Waals surface area contributed by atoms with Crippen molar-refractivity contribution >= 4 is 39.4 Å². The van der Waals surface area contributed by atoms with Gasteiger partial charge in [0.1, 0.15) is 12.3 Å². The van der Waals surface area contributed by atoms with Crippen molar-refractivity contribution in [1.29, 1.82) is 0 Å². The van der Waals surface area contributed by atoms with Gasteiger partial charge in [0, 0.05) is 5.69 Å². The average Bonchev–Trinajstić information content (AvgIpc) is 2.83. The van der Waals surface area contributed by atoms with Crippen LogP contribution in [0.15, 0.2) is 77.9 Å². The highest BCUT2D eigenvalue weighted by Crippen LogP contribution is 2.26. The van der Waals surface area contributed by atoms with Crippen LogP contribution in [0.25, 0.3) is 0 Å². The molecule has 2 amide bonds. The van der Waals surface area contributed by atoms with E-state index >= 15 is 0 Å². The van der Waals surface area contributed by atoms with Crippen LogP contribution in [0.4, 0.5) is 11.4 Å². The molecule has 0 saturated carbocycles. The van der Waals surface area contributed by atoms with Crippen molar-refractivity contribution in [3.8, 4) is 5.75 Å². The van der Waals surface area contributed by atoms with E-state index in [1.807, 2.05) is 24.3 Å². The molecule has 0 saturated heterocycles. The van der Waals surface area contributed by atoms with Gasteiger partial charge in [0.15, 0.2) is 6.61 Å². The molecule has 0 aromatic heterocycles. The lowest BCUT2D eigenvalue weighted by molar-refractivity contribution is -0.119. The molecular formula is C26H28N4O5S. The number of benzene rings is 3. The van der Waals surface area contributed by atoms with Crippen LogP contribution in [0.5, 0.6) is 5.75 Å². The van der Waals surface area contributed by atoms with E-state index in [2.05, 4.69) is 15.8 Å². The molecule has 0 fully saturated rings. The summed E-state index contributed by atoms with van der Waals surface area (Å²) in [5, 5.41) is 6.65. The van der Waals surface area contributed by atoms with Crippen LogP contribution in [-0.2, 0) is 19.6 Å². The Kier molecular flexibility index (Phi) is 8.80. The van der Waals surface area contributed by atoms with Crippen molar-refractivity contribution in [2.75, 3.05) is 29.0 Å². The first kappa shape index (κ1) is 26.4. The lowest BCUT2D eigenvalue weighted by atomic mass is 10.1. The number of nitrogens with zero attached hydrogens (tertiary/aromatic N) is 2. The maximum absolute atomic E-state index is 12.4. The van der Waals surface area contributed by atoms with E-state index in [4.69, 9.17) is 4.74 Å². The third kappa shape index (κ3) is 7.67. The molecule has 0 aliphatic heterocycles. The number of nitrogens with one attached hydrogen (secondary N) is 2. The number of aryl methyl sites for hydroxylation is 2. The van der Waals surface area contributed by atoms with Gasteiger partial charge in [0.05, 0.1) is 18.2 Å². The zero-order valence-electron chi connectivity index (χ0n) is 20.3. The molecule has 9 nitrogen and oxygen atoms in total. The molecule has 0 bridgehead atoms. The number of carbonyl (C=O) groups excluding carboxylic acids is 2. The first-order chi connectivity index (χ1) is 17.1. The van der Waals surface area contributed by atoms with Gasteiger partial charge in [-0.25, -0.2) is 13.8 Å². The summed E-state index contributed by atoms with van der Waals surface area (Å²) >= 11 is 0. The van der Waals surface area contributed by atoms with Gasteiger partial charge >= 0.3 is 0 Å². The van der Waals surface area contributed by atoms with Gasteiger partial charge in [0.2, 0.25) is 10.0 Å². The Hall–Kier alpha value is -4.18. The Morgan fingerprint density at radius 3 is 2.17 bits per heavy atom. The summed E-state index contributed by atoms with van der Waals surface area (Å²) in [6.45, 7) is 3.04. The number of anilines is 2. The smallest absolute Gasteiger partial charge is 0.262 e. The van der Waals surface area contributed by atoms with Crippen molar-refractivity contribution in [2.24, 2.45) is 5.10 Å². The minimum absolute atomic E-state index is 0.143. The molecule has 3 rings (SSSR count). The van der Waals surface area contributed by atoms with Gasteiger partial charge in [-0.2, -0.15) is 5.10 Å². The van der Waals surface area contributed by atoms with Crippen LogP contribution >= 0.6 is 0 Å². The fourth-order valence-corrected chi connectivity index (χ4v) is 4.39. The predicted molar refractivity (Wildman–Crippen MR) is 141 cm³/mol. The van der Waals surface area contributed by atoms with Crippen molar-refractivity contribution in [1.82, 2.24) is 5.43 Å². The van der Waals surface area contributed by atoms with Crippen molar-refractivity contribution in [3.05, 3.63) is 89.5 Å². The Morgan fingerprint density at radius 2 is 1.56 bits per heavy atom.